The fourth-order valence-corrected chi connectivity index (χ4v) is 5.58. The van der Waals surface area contributed by atoms with E-state index in [1.54, 1.807) is 32.3 Å². The van der Waals surface area contributed by atoms with Gasteiger partial charge in [-0.1, -0.05) is 0 Å². The first kappa shape index (κ1) is 24.9. The molecule has 1 aromatic heterocycles. The maximum Gasteiger partial charge on any atom is 0.194 e. The van der Waals surface area contributed by atoms with Crippen LogP contribution in [-0.4, -0.2) is 56.5 Å². The molecule has 30 heavy (non-hydrogen) atoms. The van der Waals surface area contributed by atoms with Crippen molar-refractivity contribution in [1.29, 1.82) is 0 Å². The van der Waals surface area contributed by atoms with Gasteiger partial charge in [0, 0.05) is 29.4 Å². The highest BCUT2D eigenvalue weighted by Gasteiger charge is 2.40. The number of methoxy groups -OCH3 is 1. The summed E-state index contributed by atoms with van der Waals surface area (Å²) in [5, 5.41) is 3.31. The fraction of sp³-hybridized carbons (Fsp3) is 0.476. The smallest absolute Gasteiger partial charge is 0.194 e. The van der Waals surface area contributed by atoms with Crippen molar-refractivity contribution in [3.8, 4) is 16.2 Å². The van der Waals surface area contributed by atoms with Crippen LogP contribution in [0.5, 0.6) is 5.75 Å². The summed E-state index contributed by atoms with van der Waals surface area (Å²) in [6.07, 6.45) is 0. The average molecular weight is 564 g/mol. The monoisotopic (exact) mass is 563 g/mol. The van der Waals surface area contributed by atoms with Gasteiger partial charge in [-0.05, 0) is 62.7 Å². The Bertz CT molecular complexity index is 970. The van der Waals surface area contributed by atoms with Gasteiger partial charge < -0.3 is 15.0 Å². The number of hydrogen-bond donors (Lipinski definition) is 1. The molecule has 1 aliphatic heterocycles. The number of nitrogens with zero attached hydrogens (tertiary/aromatic N) is 2. The molecule has 2 heterocycles. The molecule has 0 amide bonds. The van der Waals surface area contributed by atoms with Gasteiger partial charge in [0.15, 0.2) is 15.8 Å². The summed E-state index contributed by atoms with van der Waals surface area (Å²) in [6.45, 7) is 7.82. The molecule has 3 rings (SSSR count). The van der Waals surface area contributed by atoms with E-state index in [1.807, 2.05) is 19.1 Å². The van der Waals surface area contributed by atoms with Crippen LogP contribution in [0, 0.1) is 0 Å². The minimum absolute atomic E-state index is 0. The number of benzene rings is 1. The van der Waals surface area contributed by atoms with Gasteiger partial charge in [0.2, 0.25) is 0 Å². The molecule has 2 aromatic rings. The average Bonchev–Trinajstić information content (AvgIpc) is 3.16. The maximum atomic E-state index is 12.3. The van der Waals surface area contributed by atoms with Crippen LogP contribution < -0.4 is 10.1 Å². The van der Waals surface area contributed by atoms with E-state index >= 15 is 0 Å². The fourth-order valence-electron chi connectivity index (χ4n) is 3.28. The lowest BCUT2D eigenvalue weighted by molar-refractivity contribution is 0.353. The molecule has 9 heteroatoms. The van der Waals surface area contributed by atoms with Crippen LogP contribution in [-0.2, 0) is 16.4 Å². The van der Waals surface area contributed by atoms with Crippen molar-refractivity contribution in [2.45, 2.75) is 32.1 Å². The molecule has 0 saturated carbocycles. The van der Waals surface area contributed by atoms with Crippen molar-refractivity contribution in [2.24, 2.45) is 4.99 Å². The van der Waals surface area contributed by atoms with Crippen molar-refractivity contribution in [2.75, 3.05) is 32.5 Å². The normalized spacial score (nSPS) is 17.9. The zero-order valence-corrected chi connectivity index (χ0v) is 21.8. The van der Waals surface area contributed by atoms with Crippen molar-refractivity contribution >= 4 is 51.1 Å². The molecular weight excluding hydrogens is 533 g/mol. The number of sulfone groups is 1. The van der Waals surface area contributed by atoms with Gasteiger partial charge in [-0.3, -0.25) is 0 Å². The summed E-state index contributed by atoms with van der Waals surface area (Å²) in [6, 6.07) is 12.2. The number of thiophene rings is 1. The lowest BCUT2D eigenvalue weighted by Crippen LogP contribution is -2.57. The predicted octanol–water partition coefficient (Wildman–Crippen LogP) is 4.02. The second-order valence-corrected chi connectivity index (χ2v) is 11.6. The number of rotatable bonds is 5. The zero-order chi connectivity index (χ0) is 21.1. The van der Waals surface area contributed by atoms with Gasteiger partial charge in [0.05, 0.1) is 24.2 Å². The van der Waals surface area contributed by atoms with Gasteiger partial charge >= 0.3 is 0 Å². The van der Waals surface area contributed by atoms with E-state index in [-0.39, 0.29) is 29.7 Å². The Morgan fingerprint density at radius 1 is 1.23 bits per heavy atom. The summed E-state index contributed by atoms with van der Waals surface area (Å²) in [5.41, 5.74) is 1.15. The van der Waals surface area contributed by atoms with Gasteiger partial charge in [-0.15, -0.1) is 35.3 Å². The highest BCUT2D eigenvalue weighted by atomic mass is 127. The van der Waals surface area contributed by atoms with Crippen LogP contribution >= 0.6 is 35.3 Å². The highest BCUT2D eigenvalue weighted by Crippen LogP contribution is 2.30. The van der Waals surface area contributed by atoms with Crippen LogP contribution in [0.25, 0.3) is 10.4 Å². The largest absolute Gasteiger partial charge is 0.497 e. The third-order valence-electron chi connectivity index (χ3n) is 5.10. The Kier molecular flexibility index (Phi) is 8.58. The van der Waals surface area contributed by atoms with Gasteiger partial charge in [-0.25, -0.2) is 13.4 Å². The Labute approximate surface area is 200 Å². The third kappa shape index (κ3) is 5.67. The van der Waals surface area contributed by atoms with E-state index in [9.17, 15) is 8.42 Å². The predicted molar refractivity (Wildman–Crippen MR) is 136 cm³/mol. The molecular formula is C21H30IN3O3S2. The minimum Gasteiger partial charge on any atom is -0.497 e. The third-order valence-corrected chi connectivity index (χ3v) is 8.75. The molecule has 0 spiro atoms. The maximum absolute atomic E-state index is 12.3. The van der Waals surface area contributed by atoms with E-state index in [4.69, 9.17) is 9.73 Å². The van der Waals surface area contributed by atoms with Crippen LogP contribution in [0.15, 0.2) is 41.4 Å². The van der Waals surface area contributed by atoms with Gasteiger partial charge in [-0.2, -0.15) is 0 Å². The zero-order valence-electron chi connectivity index (χ0n) is 17.8. The van der Waals surface area contributed by atoms with E-state index in [1.165, 1.54) is 4.88 Å². The molecule has 0 atom stereocenters. The quantitative estimate of drug-likeness (QED) is 0.338. The summed E-state index contributed by atoms with van der Waals surface area (Å²) >= 11 is 1.72. The number of ether oxygens (including phenoxy) is 1. The molecule has 1 aromatic carbocycles. The Morgan fingerprint density at radius 2 is 1.93 bits per heavy atom. The van der Waals surface area contributed by atoms with Gasteiger partial charge in [0.1, 0.15) is 5.75 Å². The molecule has 1 N–H and O–H groups in total. The molecule has 1 saturated heterocycles. The van der Waals surface area contributed by atoms with E-state index in [2.05, 4.69) is 34.5 Å². The molecule has 1 aliphatic rings. The lowest BCUT2D eigenvalue weighted by atomic mass is 10.2. The molecule has 0 bridgehead atoms. The van der Waals surface area contributed by atoms with Gasteiger partial charge in [0.25, 0.3) is 0 Å². The first-order valence-corrected chi connectivity index (χ1v) is 12.2. The van der Waals surface area contributed by atoms with E-state index < -0.39 is 14.6 Å². The molecule has 1 fully saturated rings. The Hall–Kier alpha value is -1.33. The molecule has 0 unspecified atom stereocenters. The summed E-state index contributed by atoms with van der Waals surface area (Å²) in [4.78, 5) is 9.19. The van der Waals surface area contributed by atoms with E-state index in [0.717, 1.165) is 28.7 Å². The number of nitrogens with one attached hydrogen (secondary N) is 1. The van der Waals surface area contributed by atoms with E-state index in [0.29, 0.717) is 19.6 Å². The Balaban J connectivity index is 0.00000320. The number of aliphatic imine (C=N–C) groups is 1. The molecule has 0 radical (unpaired) electrons. The SMILES string of the molecule is CCNC(=NCc1ccc(-c2ccc(OC)cc2)s1)N1CCS(=O)(=O)C(C)(C)C1.I. The number of hydrogen-bond acceptors (Lipinski definition) is 5. The highest BCUT2D eigenvalue weighted by molar-refractivity contribution is 14.0. The van der Waals surface area contributed by atoms with Crippen molar-refractivity contribution in [3.63, 3.8) is 0 Å². The first-order chi connectivity index (χ1) is 13.8. The van der Waals surface area contributed by atoms with Crippen molar-refractivity contribution in [1.82, 2.24) is 10.2 Å². The summed E-state index contributed by atoms with van der Waals surface area (Å²) in [5.74, 6) is 1.78. The van der Waals surface area contributed by atoms with Crippen molar-refractivity contribution in [3.05, 3.63) is 41.3 Å². The molecule has 0 aliphatic carbocycles. The van der Waals surface area contributed by atoms with Crippen LogP contribution in [0.2, 0.25) is 0 Å². The van der Waals surface area contributed by atoms with Crippen LogP contribution in [0.1, 0.15) is 25.6 Å². The lowest BCUT2D eigenvalue weighted by Gasteiger charge is -2.39. The molecule has 166 valence electrons. The van der Waals surface area contributed by atoms with Crippen molar-refractivity contribution < 1.29 is 13.2 Å². The first-order valence-electron chi connectivity index (χ1n) is 9.74. The topological polar surface area (TPSA) is 71.0 Å². The standard InChI is InChI=1S/C21H29N3O3S2.HI/c1-5-22-20(24-12-13-29(25,26)21(2,3)15-24)23-14-18-10-11-19(28-18)16-6-8-17(27-4)9-7-16;/h6-11H,5,12-15H2,1-4H3,(H,22,23);1H. The summed E-state index contributed by atoms with van der Waals surface area (Å²) < 4.78 is 29.0. The second kappa shape index (κ2) is 10.3. The summed E-state index contributed by atoms with van der Waals surface area (Å²) in [7, 11) is -1.41. The Morgan fingerprint density at radius 3 is 2.53 bits per heavy atom. The van der Waals surface area contributed by atoms with Crippen LogP contribution in [0.3, 0.4) is 0 Å². The number of halogens is 1. The number of guanidine groups is 1. The van der Waals surface area contributed by atoms with Crippen LogP contribution in [0.4, 0.5) is 0 Å². The molecule has 6 nitrogen and oxygen atoms in total. The minimum atomic E-state index is -3.07. The second-order valence-electron chi connectivity index (χ2n) is 7.66.